The van der Waals surface area contributed by atoms with Crippen LogP contribution in [0.3, 0.4) is 0 Å². The van der Waals surface area contributed by atoms with Gasteiger partial charge in [-0.1, -0.05) is 13.3 Å². The number of rotatable bonds is 6. The largest absolute Gasteiger partial charge is 0.348 e. The van der Waals surface area contributed by atoms with Crippen molar-refractivity contribution < 1.29 is 9.72 Å². The summed E-state index contributed by atoms with van der Waals surface area (Å²) in [6.07, 6.45) is 5.24. The second-order valence-corrected chi connectivity index (χ2v) is 5.54. The van der Waals surface area contributed by atoms with Gasteiger partial charge in [-0.05, 0) is 31.7 Å². The molecule has 0 aliphatic heterocycles. The van der Waals surface area contributed by atoms with Crippen molar-refractivity contribution in [2.75, 3.05) is 6.54 Å². The van der Waals surface area contributed by atoms with Crippen LogP contribution >= 0.6 is 0 Å². The van der Waals surface area contributed by atoms with Crippen molar-refractivity contribution in [1.29, 1.82) is 0 Å². The molecule has 0 radical (unpaired) electrons. The zero-order chi connectivity index (χ0) is 15.4. The first-order chi connectivity index (χ1) is 10.1. The van der Waals surface area contributed by atoms with E-state index in [1.165, 1.54) is 12.3 Å². The summed E-state index contributed by atoms with van der Waals surface area (Å²) in [5.41, 5.74) is 6.02. The number of nitro groups is 1. The lowest BCUT2D eigenvalue weighted by Crippen LogP contribution is -2.40. The average Bonchev–Trinajstić information content (AvgIpc) is 3.05. The van der Waals surface area contributed by atoms with Crippen LogP contribution in [-0.2, 0) is 6.54 Å². The van der Waals surface area contributed by atoms with Crippen LogP contribution < -0.4 is 11.1 Å². The van der Waals surface area contributed by atoms with Crippen LogP contribution in [0.1, 0.15) is 43.1 Å². The fourth-order valence-corrected chi connectivity index (χ4v) is 2.96. The summed E-state index contributed by atoms with van der Waals surface area (Å²) in [6.45, 7) is 3.11. The summed E-state index contributed by atoms with van der Waals surface area (Å²) in [7, 11) is 0. The number of carbonyl (C=O) groups is 1. The molecule has 1 aliphatic carbocycles. The molecule has 1 aromatic rings. The highest BCUT2D eigenvalue weighted by molar-refractivity contribution is 5.93. The molecular formula is C14H22N4O3. The zero-order valence-electron chi connectivity index (χ0n) is 12.2. The molecule has 3 N–H and O–H groups in total. The first kappa shape index (κ1) is 15.5. The number of hydrogen-bond acceptors (Lipinski definition) is 4. The molecule has 1 aliphatic rings. The molecule has 2 atom stereocenters. The van der Waals surface area contributed by atoms with Crippen molar-refractivity contribution in [3.8, 4) is 0 Å². The average molecular weight is 294 g/mol. The van der Waals surface area contributed by atoms with Crippen molar-refractivity contribution in [1.82, 2.24) is 9.88 Å². The summed E-state index contributed by atoms with van der Waals surface area (Å²) in [5.74, 6) is 0.0559. The van der Waals surface area contributed by atoms with Gasteiger partial charge in [0, 0.05) is 18.7 Å². The molecule has 0 saturated heterocycles. The Morgan fingerprint density at radius 2 is 2.33 bits per heavy atom. The van der Waals surface area contributed by atoms with Crippen LogP contribution in [0.4, 0.5) is 5.69 Å². The van der Waals surface area contributed by atoms with E-state index in [-0.39, 0.29) is 17.6 Å². The van der Waals surface area contributed by atoms with E-state index in [9.17, 15) is 14.9 Å². The Balaban J connectivity index is 2.15. The fourth-order valence-electron chi connectivity index (χ4n) is 2.96. The van der Waals surface area contributed by atoms with Crippen LogP contribution in [0.15, 0.2) is 12.3 Å². The lowest BCUT2D eigenvalue weighted by atomic mass is 10.0. The molecule has 0 bridgehead atoms. The number of aromatic nitrogens is 1. The Morgan fingerprint density at radius 3 is 2.95 bits per heavy atom. The van der Waals surface area contributed by atoms with E-state index in [1.807, 2.05) is 6.92 Å². The third-order valence-corrected chi connectivity index (χ3v) is 4.07. The molecule has 1 heterocycles. The monoisotopic (exact) mass is 294 g/mol. The maximum Gasteiger partial charge on any atom is 0.287 e. The quantitative estimate of drug-likeness (QED) is 0.615. The van der Waals surface area contributed by atoms with Gasteiger partial charge in [0.15, 0.2) is 0 Å². The molecule has 116 valence electrons. The van der Waals surface area contributed by atoms with E-state index in [1.54, 1.807) is 4.57 Å². The summed E-state index contributed by atoms with van der Waals surface area (Å²) in [6, 6.07) is 1.42. The highest BCUT2D eigenvalue weighted by Crippen LogP contribution is 2.25. The summed E-state index contributed by atoms with van der Waals surface area (Å²) < 4.78 is 1.65. The van der Waals surface area contributed by atoms with Gasteiger partial charge >= 0.3 is 0 Å². The number of nitrogens with one attached hydrogen (secondary N) is 1. The van der Waals surface area contributed by atoms with E-state index in [4.69, 9.17) is 5.73 Å². The van der Waals surface area contributed by atoms with Crippen molar-refractivity contribution in [2.24, 2.45) is 11.7 Å². The minimum Gasteiger partial charge on any atom is -0.348 e. The highest BCUT2D eigenvalue weighted by atomic mass is 16.6. The van der Waals surface area contributed by atoms with Crippen molar-refractivity contribution in [3.05, 3.63) is 28.1 Å². The lowest BCUT2D eigenvalue weighted by molar-refractivity contribution is -0.384. The number of nitrogens with two attached hydrogens (primary N) is 1. The number of aryl methyl sites for hydroxylation is 1. The predicted octanol–water partition coefficient (Wildman–Crippen LogP) is 1.66. The number of nitrogens with zero attached hydrogens (tertiary/aromatic N) is 2. The molecule has 1 saturated carbocycles. The highest BCUT2D eigenvalue weighted by Gasteiger charge is 2.29. The molecular weight excluding hydrogens is 272 g/mol. The second-order valence-electron chi connectivity index (χ2n) is 5.54. The molecule has 1 fully saturated rings. The SMILES string of the molecule is CCCn1cc([N+](=O)[O-])cc1C(=O)NC1CCCC1CN. The molecule has 0 aromatic carbocycles. The maximum atomic E-state index is 12.4. The normalized spacial score (nSPS) is 21.4. The topological polar surface area (TPSA) is 103 Å². The van der Waals surface area contributed by atoms with Gasteiger partial charge in [-0.2, -0.15) is 0 Å². The summed E-state index contributed by atoms with van der Waals surface area (Å²) in [4.78, 5) is 22.8. The van der Waals surface area contributed by atoms with Gasteiger partial charge in [-0.3, -0.25) is 14.9 Å². The van der Waals surface area contributed by atoms with Gasteiger partial charge in [-0.15, -0.1) is 0 Å². The Hall–Kier alpha value is -1.89. The van der Waals surface area contributed by atoms with E-state index >= 15 is 0 Å². The lowest BCUT2D eigenvalue weighted by Gasteiger charge is -2.19. The molecule has 21 heavy (non-hydrogen) atoms. The van der Waals surface area contributed by atoms with E-state index in [0.717, 1.165) is 25.7 Å². The van der Waals surface area contributed by atoms with Gasteiger partial charge in [-0.25, -0.2) is 0 Å². The van der Waals surface area contributed by atoms with Gasteiger partial charge in [0.2, 0.25) is 0 Å². The van der Waals surface area contributed by atoms with Crippen molar-refractivity contribution in [2.45, 2.75) is 45.2 Å². The molecule has 1 aromatic heterocycles. The number of carbonyl (C=O) groups excluding carboxylic acids is 1. The first-order valence-electron chi connectivity index (χ1n) is 7.42. The second kappa shape index (κ2) is 6.71. The fraction of sp³-hybridized carbons (Fsp3) is 0.643. The minimum atomic E-state index is -0.471. The van der Waals surface area contributed by atoms with Crippen LogP contribution in [-0.4, -0.2) is 28.0 Å². The predicted molar refractivity (Wildman–Crippen MR) is 79.0 cm³/mol. The molecule has 7 heteroatoms. The van der Waals surface area contributed by atoms with Gasteiger partial charge < -0.3 is 15.6 Å². The van der Waals surface area contributed by atoms with E-state index in [2.05, 4.69) is 5.32 Å². The molecule has 1 amide bonds. The third kappa shape index (κ3) is 3.41. The molecule has 2 unspecified atom stereocenters. The molecule has 2 rings (SSSR count). The van der Waals surface area contributed by atoms with Crippen molar-refractivity contribution >= 4 is 11.6 Å². The minimum absolute atomic E-state index is 0.0459. The standard InChI is InChI=1S/C14H22N4O3/c1-2-6-17-9-11(18(20)21)7-13(17)14(19)16-12-5-3-4-10(12)8-15/h7,9-10,12H,2-6,8,15H2,1H3,(H,16,19). The smallest absolute Gasteiger partial charge is 0.287 e. The van der Waals surface area contributed by atoms with Gasteiger partial charge in [0.1, 0.15) is 5.69 Å². The maximum absolute atomic E-state index is 12.4. The Morgan fingerprint density at radius 1 is 1.57 bits per heavy atom. The summed E-state index contributed by atoms with van der Waals surface area (Å²) in [5, 5.41) is 13.9. The molecule has 0 spiro atoms. The van der Waals surface area contributed by atoms with E-state index in [0.29, 0.717) is 24.7 Å². The third-order valence-electron chi connectivity index (χ3n) is 4.07. The Kier molecular flexibility index (Phi) is 4.95. The van der Waals surface area contributed by atoms with Crippen LogP contribution in [0.5, 0.6) is 0 Å². The molecule has 7 nitrogen and oxygen atoms in total. The van der Waals surface area contributed by atoms with E-state index < -0.39 is 4.92 Å². The number of amides is 1. The summed E-state index contributed by atoms with van der Waals surface area (Å²) >= 11 is 0. The zero-order valence-corrected chi connectivity index (χ0v) is 12.2. The van der Waals surface area contributed by atoms with Crippen LogP contribution in [0, 0.1) is 16.0 Å². The van der Waals surface area contributed by atoms with Gasteiger partial charge in [0.25, 0.3) is 11.6 Å². The van der Waals surface area contributed by atoms with Gasteiger partial charge in [0.05, 0.1) is 11.1 Å². The first-order valence-corrected chi connectivity index (χ1v) is 7.42. The van der Waals surface area contributed by atoms with Crippen LogP contribution in [0.2, 0.25) is 0 Å². The Bertz CT molecular complexity index is 526. The Labute approximate surface area is 123 Å². The van der Waals surface area contributed by atoms with Crippen LogP contribution in [0.25, 0.3) is 0 Å². The van der Waals surface area contributed by atoms with Crippen molar-refractivity contribution in [3.63, 3.8) is 0 Å². The number of hydrogen-bond donors (Lipinski definition) is 2.